The number of aliphatic imine (C=N–C) groups is 1. The van der Waals surface area contributed by atoms with E-state index in [0.29, 0.717) is 12.5 Å². The fourth-order valence-corrected chi connectivity index (χ4v) is 3.48. The molecule has 0 amide bonds. The highest BCUT2D eigenvalue weighted by molar-refractivity contribution is 14.0. The van der Waals surface area contributed by atoms with Crippen molar-refractivity contribution >= 4 is 41.3 Å². The molecule has 25 heavy (non-hydrogen) atoms. The number of guanidine groups is 1. The van der Waals surface area contributed by atoms with Gasteiger partial charge in [0, 0.05) is 25.1 Å². The first kappa shape index (κ1) is 24.6. The summed E-state index contributed by atoms with van der Waals surface area (Å²) < 4.78 is 0. The molecule has 1 heterocycles. The largest absolute Gasteiger partial charge is 0.396 e. The van der Waals surface area contributed by atoms with Gasteiger partial charge in [-0.3, -0.25) is 0 Å². The molecule has 3 N–H and O–H groups in total. The van der Waals surface area contributed by atoms with Crippen LogP contribution in [0, 0.1) is 5.41 Å². The fraction of sp³-hybridized carbons (Fsp3) is 0.778. The quantitative estimate of drug-likeness (QED) is 0.267. The van der Waals surface area contributed by atoms with Gasteiger partial charge in [0.1, 0.15) is 5.01 Å². The van der Waals surface area contributed by atoms with E-state index < -0.39 is 0 Å². The van der Waals surface area contributed by atoms with Crippen LogP contribution in [-0.4, -0.2) is 35.7 Å². The molecule has 0 saturated heterocycles. The third-order valence-electron chi connectivity index (χ3n) is 4.65. The zero-order valence-electron chi connectivity index (χ0n) is 16.3. The number of aliphatic hydroxyl groups excluding tert-OH is 1. The van der Waals surface area contributed by atoms with E-state index in [1.54, 1.807) is 11.3 Å². The number of hydrogen-bond donors (Lipinski definition) is 3. The number of halogens is 1. The van der Waals surface area contributed by atoms with Gasteiger partial charge in [-0.1, -0.05) is 27.7 Å². The van der Waals surface area contributed by atoms with E-state index >= 15 is 0 Å². The van der Waals surface area contributed by atoms with Crippen LogP contribution in [0.25, 0.3) is 0 Å². The van der Waals surface area contributed by atoms with Crippen molar-refractivity contribution in [1.29, 1.82) is 0 Å². The normalized spacial score (nSPS) is 12.2. The van der Waals surface area contributed by atoms with Gasteiger partial charge in [-0.2, -0.15) is 0 Å². The Kier molecular flexibility index (Phi) is 12.7. The molecular formula is C18H35IN4OS. The molecule has 0 atom stereocenters. The van der Waals surface area contributed by atoms with Gasteiger partial charge in [-0.05, 0) is 37.5 Å². The Morgan fingerprint density at radius 2 is 1.96 bits per heavy atom. The van der Waals surface area contributed by atoms with Gasteiger partial charge < -0.3 is 15.7 Å². The molecule has 0 aliphatic heterocycles. The van der Waals surface area contributed by atoms with Crippen LogP contribution in [0.5, 0.6) is 0 Å². The summed E-state index contributed by atoms with van der Waals surface area (Å²) in [4.78, 5) is 9.30. The summed E-state index contributed by atoms with van der Waals surface area (Å²) in [5, 5.41) is 19.3. The van der Waals surface area contributed by atoms with Crippen molar-refractivity contribution in [3.8, 4) is 0 Å². The standard InChI is InChI=1S/C18H34N4OS.HI/c1-6-18(7-2,9-10-23)13-21-17(19-8-3)20-11-16-22-15(12-24-16)14(4)5;/h12,14,23H,6-11,13H2,1-5H3,(H2,19,20,21);1H. The maximum Gasteiger partial charge on any atom is 0.191 e. The van der Waals surface area contributed by atoms with Crippen molar-refractivity contribution in [2.45, 2.75) is 66.3 Å². The summed E-state index contributed by atoms with van der Waals surface area (Å²) in [5.74, 6) is 1.28. The molecule has 1 rings (SSSR count). The first-order valence-electron chi connectivity index (χ1n) is 9.07. The van der Waals surface area contributed by atoms with E-state index in [1.807, 2.05) is 0 Å². The summed E-state index contributed by atoms with van der Waals surface area (Å²) in [7, 11) is 0. The maximum absolute atomic E-state index is 9.35. The molecule has 0 unspecified atom stereocenters. The lowest BCUT2D eigenvalue weighted by molar-refractivity contribution is 0.169. The van der Waals surface area contributed by atoms with E-state index in [4.69, 9.17) is 0 Å². The van der Waals surface area contributed by atoms with Crippen molar-refractivity contribution in [1.82, 2.24) is 15.6 Å². The van der Waals surface area contributed by atoms with E-state index in [1.165, 1.54) is 0 Å². The summed E-state index contributed by atoms with van der Waals surface area (Å²) in [6, 6.07) is 0. The Labute approximate surface area is 174 Å². The highest BCUT2D eigenvalue weighted by Crippen LogP contribution is 2.29. The third kappa shape index (κ3) is 8.21. The van der Waals surface area contributed by atoms with Gasteiger partial charge in [0.2, 0.25) is 0 Å². The Bertz CT molecular complexity index is 501. The Morgan fingerprint density at radius 3 is 2.44 bits per heavy atom. The topological polar surface area (TPSA) is 69.5 Å². The second-order valence-electron chi connectivity index (χ2n) is 6.55. The van der Waals surface area contributed by atoms with Gasteiger partial charge >= 0.3 is 0 Å². The van der Waals surface area contributed by atoms with Crippen LogP contribution in [0.1, 0.15) is 70.5 Å². The molecule has 0 spiro atoms. The number of rotatable bonds is 10. The van der Waals surface area contributed by atoms with Gasteiger partial charge in [0.15, 0.2) is 5.96 Å². The lowest BCUT2D eigenvalue weighted by Crippen LogP contribution is -2.43. The molecule has 146 valence electrons. The number of nitrogens with zero attached hydrogens (tertiary/aromatic N) is 2. The van der Waals surface area contributed by atoms with E-state index in [9.17, 15) is 5.11 Å². The predicted molar refractivity (Wildman–Crippen MR) is 119 cm³/mol. The average Bonchev–Trinajstić information content (AvgIpc) is 3.05. The predicted octanol–water partition coefficient (Wildman–Crippen LogP) is 4.13. The van der Waals surface area contributed by atoms with Crippen LogP contribution in [0.4, 0.5) is 0 Å². The van der Waals surface area contributed by atoms with Crippen molar-refractivity contribution in [2.75, 3.05) is 19.7 Å². The minimum atomic E-state index is 0. The summed E-state index contributed by atoms with van der Waals surface area (Å²) in [6.07, 6.45) is 2.90. The summed E-state index contributed by atoms with van der Waals surface area (Å²) in [5.41, 5.74) is 1.26. The SMILES string of the molecule is CCNC(=NCc1nc(C(C)C)cs1)NCC(CC)(CC)CCO.I. The van der Waals surface area contributed by atoms with Crippen LogP contribution in [0.3, 0.4) is 0 Å². The van der Waals surface area contributed by atoms with E-state index in [0.717, 1.165) is 49.0 Å². The van der Waals surface area contributed by atoms with Crippen molar-refractivity contribution < 1.29 is 5.11 Å². The summed E-state index contributed by atoms with van der Waals surface area (Å²) in [6.45, 7) is 13.2. The molecule has 1 aromatic rings. The summed E-state index contributed by atoms with van der Waals surface area (Å²) >= 11 is 1.67. The zero-order valence-corrected chi connectivity index (χ0v) is 19.4. The number of aromatic nitrogens is 1. The fourth-order valence-electron chi connectivity index (χ4n) is 2.60. The molecule has 7 heteroatoms. The smallest absolute Gasteiger partial charge is 0.191 e. The van der Waals surface area contributed by atoms with Crippen LogP contribution < -0.4 is 10.6 Å². The van der Waals surface area contributed by atoms with Crippen molar-refractivity contribution in [3.05, 3.63) is 16.1 Å². The number of nitrogens with one attached hydrogen (secondary N) is 2. The molecular weight excluding hydrogens is 447 g/mol. The van der Waals surface area contributed by atoms with Crippen molar-refractivity contribution in [3.63, 3.8) is 0 Å². The Morgan fingerprint density at radius 1 is 1.28 bits per heavy atom. The van der Waals surface area contributed by atoms with Gasteiger partial charge in [-0.15, -0.1) is 35.3 Å². The van der Waals surface area contributed by atoms with Gasteiger partial charge in [0.25, 0.3) is 0 Å². The van der Waals surface area contributed by atoms with Crippen LogP contribution >= 0.6 is 35.3 Å². The Hall–Kier alpha value is -0.410. The molecule has 0 bridgehead atoms. The number of aliphatic hydroxyl groups is 1. The lowest BCUT2D eigenvalue weighted by atomic mass is 9.79. The monoisotopic (exact) mass is 482 g/mol. The minimum absolute atomic E-state index is 0. The van der Waals surface area contributed by atoms with Crippen LogP contribution in [0.15, 0.2) is 10.4 Å². The van der Waals surface area contributed by atoms with Crippen LogP contribution in [0.2, 0.25) is 0 Å². The van der Waals surface area contributed by atoms with E-state index in [2.05, 4.69) is 60.6 Å². The maximum atomic E-state index is 9.35. The lowest BCUT2D eigenvalue weighted by Gasteiger charge is -2.32. The molecule has 0 aliphatic rings. The highest BCUT2D eigenvalue weighted by Gasteiger charge is 2.25. The molecule has 0 fully saturated rings. The van der Waals surface area contributed by atoms with Crippen LogP contribution in [-0.2, 0) is 6.54 Å². The number of hydrogen-bond acceptors (Lipinski definition) is 4. The highest BCUT2D eigenvalue weighted by atomic mass is 127. The zero-order chi connectivity index (χ0) is 18.0. The average molecular weight is 482 g/mol. The van der Waals surface area contributed by atoms with Gasteiger partial charge in [0.05, 0.1) is 12.2 Å². The third-order valence-corrected chi connectivity index (χ3v) is 5.50. The minimum Gasteiger partial charge on any atom is -0.396 e. The molecule has 5 nitrogen and oxygen atoms in total. The first-order chi connectivity index (χ1) is 11.5. The molecule has 0 aliphatic carbocycles. The van der Waals surface area contributed by atoms with E-state index in [-0.39, 0.29) is 36.0 Å². The van der Waals surface area contributed by atoms with Gasteiger partial charge in [-0.25, -0.2) is 9.98 Å². The van der Waals surface area contributed by atoms with Crippen molar-refractivity contribution in [2.24, 2.45) is 10.4 Å². The second-order valence-corrected chi connectivity index (χ2v) is 7.49. The molecule has 1 aromatic heterocycles. The first-order valence-corrected chi connectivity index (χ1v) is 9.95. The second kappa shape index (κ2) is 12.9. The molecule has 0 saturated carbocycles. The Balaban J connectivity index is 0.00000576. The number of thiazole rings is 1. The molecule has 0 aromatic carbocycles. The molecule has 0 radical (unpaired) electrons.